The third kappa shape index (κ3) is 5.65. The number of aliphatic hydroxyl groups excluding tert-OH is 1. The van der Waals surface area contributed by atoms with Gasteiger partial charge in [-0.25, -0.2) is 4.72 Å². The van der Waals surface area contributed by atoms with E-state index in [0.717, 1.165) is 38.5 Å². The van der Waals surface area contributed by atoms with E-state index < -0.39 is 10.2 Å². The van der Waals surface area contributed by atoms with Crippen LogP contribution < -0.4 is 4.72 Å². The number of nitrogens with zero attached hydrogens (tertiary/aromatic N) is 1. The highest BCUT2D eigenvalue weighted by atomic mass is 32.2. The Labute approximate surface area is 111 Å². The number of aliphatic hydroxyl groups is 1. The lowest BCUT2D eigenvalue weighted by Crippen LogP contribution is -2.41. The van der Waals surface area contributed by atoms with Crippen LogP contribution >= 0.6 is 0 Å². The van der Waals surface area contributed by atoms with Crippen LogP contribution in [0.5, 0.6) is 0 Å². The molecule has 0 amide bonds. The highest BCUT2D eigenvalue weighted by Crippen LogP contribution is 2.12. The Balaban J connectivity index is 2.30. The minimum absolute atomic E-state index is 0.166. The van der Waals surface area contributed by atoms with E-state index in [0.29, 0.717) is 19.6 Å². The number of nitrogens with one attached hydrogen (secondary N) is 1. The molecule has 1 rings (SSSR count). The summed E-state index contributed by atoms with van der Waals surface area (Å²) >= 11 is 0. The van der Waals surface area contributed by atoms with Crippen molar-refractivity contribution in [2.24, 2.45) is 5.92 Å². The van der Waals surface area contributed by atoms with Crippen LogP contribution in [0.2, 0.25) is 0 Å². The Morgan fingerprint density at radius 2 is 1.83 bits per heavy atom. The van der Waals surface area contributed by atoms with Crippen LogP contribution in [0, 0.1) is 5.92 Å². The maximum Gasteiger partial charge on any atom is 0.279 e. The topological polar surface area (TPSA) is 69.6 Å². The lowest BCUT2D eigenvalue weighted by atomic mass is 10.1. The molecular formula is C12H26N2O3S. The zero-order chi connectivity index (χ0) is 13.4. The third-order valence-electron chi connectivity index (χ3n) is 3.37. The summed E-state index contributed by atoms with van der Waals surface area (Å²) in [5.74, 6) is 0.243. The smallest absolute Gasteiger partial charge is 0.279 e. The molecule has 0 aromatic rings. The molecule has 18 heavy (non-hydrogen) atoms. The molecule has 0 aromatic carbocycles. The summed E-state index contributed by atoms with van der Waals surface area (Å²) in [6.07, 6.45) is 5.79. The standard InChI is InChI=1S/C12H26N2O3S/c1-12(11-15)7-6-8-13-18(16,17)14-9-4-2-3-5-10-14/h12-13,15H,2-11H2,1H3/t12-/m1/s1. The minimum atomic E-state index is -3.29. The molecule has 1 fully saturated rings. The van der Waals surface area contributed by atoms with Gasteiger partial charge in [0.1, 0.15) is 0 Å². The van der Waals surface area contributed by atoms with Crippen LogP contribution in [0.4, 0.5) is 0 Å². The Hall–Kier alpha value is -0.170. The first-order valence-corrected chi connectivity index (χ1v) is 8.36. The van der Waals surface area contributed by atoms with Crippen molar-refractivity contribution in [3.05, 3.63) is 0 Å². The maximum absolute atomic E-state index is 12.0. The molecule has 1 heterocycles. The first-order chi connectivity index (χ1) is 8.56. The first kappa shape index (κ1) is 15.9. The molecule has 0 bridgehead atoms. The van der Waals surface area contributed by atoms with Crippen LogP contribution in [-0.4, -0.2) is 44.1 Å². The molecule has 0 spiro atoms. The predicted molar refractivity (Wildman–Crippen MR) is 72.4 cm³/mol. The minimum Gasteiger partial charge on any atom is -0.396 e. The zero-order valence-corrected chi connectivity index (χ0v) is 12.1. The largest absolute Gasteiger partial charge is 0.396 e. The van der Waals surface area contributed by atoms with Crippen molar-refractivity contribution in [2.75, 3.05) is 26.2 Å². The third-order valence-corrected chi connectivity index (χ3v) is 4.99. The summed E-state index contributed by atoms with van der Waals surface area (Å²) < 4.78 is 28.3. The van der Waals surface area contributed by atoms with Gasteiger partial charge in [0.05, 0.1) is 0 Å². The van der Waals surface area contributed by atoms with Crippen molar-refractivity contribution in [1.29, 1.82) is 0 Å². The van der Waals surface area contributed by atoms with E-state index in [-0.39, 0.29) is 12.5 Å². The molecule has 5 nitrogen and oxygen atoms in total. The Morgan fingerprint density at radius 1 is 1.22 bits per heavy atom. The molecule has 0 saturated carbocycles. The second-order valence-electron chi connectivity index (χ2n) is 5.14. The van der Waals surface area contributed by atoms with E-state index >= 15 is 0 Å². The maximum atomic E-state index is 12.0. The molecule has 108 valence electrons. The summed E-state index contributed by atoms with van der Waals surface area (Å²) in [6, 6.07) is 0. The quantitative estimate of drug-likeness (QED) is 0.685. The van der Waals surface area contributed by atoms with Crippen molar-refractivity contribution in [3.8, 4) is 0 Å². The average Bonchev–Trinajstić information content (AvgIpc) is 2.63. The molecule has 0 aromatic heterocycles. The summed E-state index contributed by atoms with van der Waals surface area (Å²) in [6.45, 7) is 3.87. The molecule has 6 heteroatoms. The Kier molecular flexibility index (Phi) is 7.14. The van der Waals surface area contributed by atoms with Gasteiger partial charge in [0.15, 0.2) is 0 Å². The fraction of sp³-hybridized carbons (Fsp3) is 1.00. The van der Waals surface area contributed by atoms with E-state index in [1.165, 1.54) is 0 Å². The first-order valence-electron chi connectivity index (χ1n) is 6.92. The lowest BCUT2D eigenvalue weighted by Gasteiger charge is -2.20. The molecule has 2 N–H and O–H groups in total. The molecule has 1 atom stereocenters. The van der Waals surface area contributed by atoms with Crippen LogP contribution in [0.15, 0.2) is 0 Å². The number of hydrogen-bond donors (Lipinski definition) is 2. The molecule has 1 aliphatic heterocycles. The van der Waals surface area contributed by atoms with Gasteiger partial charge >= 0.3 is 0 Å². The van der Waals surface area contributed by atoms with Crippen molar-refractivity contribution in [2.45, 2.75) is 45.4 Å². The van der Waals surface area contributed by atoms with Crippen molar-refractivity contribution < 1.29 is 13.5 Å². The SMILES string of the molecule is C[C@@H](CO)CCCNS(=O)(=O)N1CCCCCC1. The van der Waals surface area contributed by atoms with Gasteiger partial charge in [0.25, 0.3) is 10.2 Å². The normalized spacial score (nSPS) is 20.6. The van der Waals surface area contributed by atoms with Gasteiger partial charge in [0.2, 0.25) is 0 Å². The lowest BCUT2D eigenvalue weighted by molar-refractivity contribution is 0.228. The van der Waals surface area contributed by atoms with Gasteiger partial charge in [-0.3, -0.25) is 0 Å². The summed E-state index contributed by atoms with van der Waals surface area (Å²) in [5.41, 5.74) is 0. The summed E-state index contributed by atoms with van der Waals surface area (Å²) in [4.78, 5) is 0. The zero-order valence-electron chi connectivity index (χ0n) is 11.3. The van der Waals surface area contributed by atoms with Gasteiger partial charge in [-0.2, -0.15) is 12.7 Å². The highest BCUT2D eigenvalue weighted by molar-refractivity contribution is 7.87. The monoisotopic (exact) mass is 278 g/mol. The second-order valence-corrected chi connectivity index (χ2v) is 6.90. The average molecular weight is 278 g/mol. The van der Waals surface area contributed by atoms with Crippen molar-refractivity contribution in [1.82, 2.24) is 9.03 Å². The van der Waals surface area contributed by atoms with Gasteiger partial charge in [-0.1, -0.05) is 19.8 Å². The second kappa shape index (κ2) is 8.09. The molecule has 1 aliphatic rings. The van der Waals surface area contributed by atoms with Crippen LogP contribution in [-0.2, 0) is 10.2 Å². The fourth-order valence-corrected chi connectivity index (χ4v) is 3.44. The number of hydrogen-bond acceptors (Lipinski definition) is 3. The van der Waals surface area contributed by atoms with Gasteiger partial charge in [0, 0.05) is 26.2 Å². The highest BCUT2D eigenvalue weighted by Gasteiger charge is 2.21. The van der Waals surface area contributed by atoms with Gasteiger partial charge in [-0.05, 0) is 31.6 Å². The van der Waals surface area contributed by atoms with Crippen LogP contribution in [0.1, 0.15) is 45.4 Å². The number of rotatable bonds is 7. The van der Waals surface area contributed by atoms with Crippen LogP contribution in [0.3, 0.4) is 0 Å². The predicted octanol–water partition coefficient (Wildman–Crippen LogP) is 1.11. The van der Waals surface area contributed by atoms with E-state index in [4.69, 9.17) is 5.11 Å². The van der Waals surface area contributed by atoms with Crippen molar-refractivity contribution in [3.63, 3.8) is 0 Å². The Morgan fingerprint density at radius 3 is 2.39 bits per heavy atom. The molecule has 0 unspecified atom stereocenters. The van der Waals surface area contributed by atoms with E-state index in [1.807, 2.05) is 6.92 Å². The van der Waals surface area contributed by atoms with Gasteiger partial charge in [-0.15, -0.1) is 0 Å². The van der Waals surface area contributed by atoms with E-state index in [2.05, 4.69) is 4.72 Å². The summed E-state index contributed by atoms with van der Waals surface area (Å²) in [7, 11) is -3.29. The van der Waals surface area contributed by atoms with Gasteiger partial charge < -0.3 is 5.11 Å². The Bertz CT molecular complexity index is 311. The fourth-order valence-electron chi connectivity index (χ4n) is 2.12. The molecule has 0 aliphatic carbocycles. The van der Waals surface area contributed by atoms with Crippen molar-refractivity contribution >= 4 is 10.2 Å². The van der Waals surface area contributed by atoms with E-state index in [1.54, 1.807) is 4.31 Å². The summed E-state index contributed by atoms with van der Waals surface area (Å²) in [5, 5.41) is 8.88. The van der Waals surface area contributed by atoms with Crippen LogP contribution in [0.25, 0.3) is 0 Å². The van der Waals surface area contributed by atoms with E-state index in [9.17, 15) is 8.42 Å². The molecule has 1 saturated heterocycles. The molecular weight excluding hydrogens is 252 g/mol. The molecule has 0 radical (unpaired) electrons.